The van der Waals surface area contributed by atoms with Gasteiger partial charge in [0.05, 0.1) is 12.3 Å². The molecule has 140 valence electrons. The summed E-state index contributed by atoms with van der Waals surface area (Å²) >= 11 is 0. The van der Waals surface area contributed by atoms with Crippen molar-refractivity contribution >= 4 is 23.9 Å². The van der Waals surface area contributed by atoms with Gasteiger partial charge in [0.15, 0.2) is 11.7 Å². The van der Waals surface area contributed by atoms with Crippen LogP contribution in [0.15, 0.2) is 0 Å². The highest BCUT2D eigenvalue weighted by atomic mass is 16.4. The van der Waals surface area contributed by atoms with Gasteiger partial charge in [-0.3, -0.25) is 9.59 Å². The summed E-state index contributed by atoms with van der Waals surface area (Å²) < 4.78 is 0. The second kappa shape index (κ2) is 9.83. The Morgan fingerprint density at radius 1 is 0.875 bits per heavy atom. The lowest BCUT2D eigenvalue weighted by atomic mass is 9.87. The number of carbonyl (C=O) groups is 4. The predicted molar refractivity (Wildman–Crippen MR) is 79.3 cm³/mol. The van der Waals surface area contributed by atoms with E-state index in [1.165, 1.54) is 13.8 Å². The number of carboxylic acid groups (broad SMARTS) is 4. The standard InChI is InChI=1S/2C7H12O5/c1-4(2)7(12,6(10)11)3-5(8)9;1-3(2)4(6(9)10)5(8)7(11)12/h4,12H,3H2,1-2H3,(H,8,9)(H,10,11);3-5,8H,1-2H3,(H,9,10)(H,11,12). The van der Waals surface area contributed by atoms with Crippen molar-refractivity contribution in [1.82, 2.24) is 0 Å². The van der Waals surface area contributed by atoms with Crippen molar-refractivity contribution in [1.29, 1.82) is 0 Å². The van der Waals surface area contributed by atoms with Crippen LogP contribution in [-0.4, -0.2) is 66.2 Å². The van der Waals surface area contributed by atoms with E-state index in [-0.39, 0.29) is 0 Å². The zero-order chi connectivity index (χ0) is 19.8. The van der Waals surface area contributed by atoms with Gasteiger partial charge in [0, 0.05) is 0 Å². The van der Waals surface area contributed by atoms with Crippen molar-refractivity contribution in [3.8, 4) is 0 Å². The predicted octanol–water partition coefficient (Wildman–Crippen LogP) is -0.278. The number of aliphatic hydroxyl groups excluding tert-OH is 1. The maximum atomic E-state index is 10.5. The minimum Gasteiger partial charge on any atom is -0.481 e. The molecule has 24 heavy (non-hydrogen) atoms. The van der Waals surface area contributed by atoms with Crippen molar-refractivity contribution < 1.29 is 49.8 Å². The Labute approximate surface area is 138 Å². The number of hydrogen-bond donors (Lipinski definition) is 6. The Hall–Kier alpha value is -2.20. The molecule has 0 amide bonds. The summed E-state index contributed by atoms with van der Waals surface area (Å²) in [7, 11) is 0. The maximum absolute atomic E-state index is 10.5. The van der Waals surface area contributed by atoms with Crippen molar-refractivity contribution in [3.05, 3.63) is 0 Å². The van der Waals surface area contributed by atoms with Crippen LogP contribution in [0, 0.1) is 17.8 Å². The third-order valence-electron chi connectivity index (χ3n) is 3.34. The van der Waals surface area contributed by atoms with Gasteiger partial charge in [0.25, 0.3) is 0 Å². The van der Waals surface area contributed by atoms with E-state index in [4.69, 9.17) is 25.5 Å². The molecule has 0 spiro atoms. The van der Waals surface area contributed by atoms with Crippen LogP contribution in [0.25, 0.3) is 0 Å². The van der Waals surface area contributed by atoms with E-state index in [1.807, 2.05) is 0 Å². The molecule has 0 bridgehead atoms. The number of aliphatic carboxylic acids is 4. The van der Waals surface area contributed by atoms with Crippen LogP contribution in [0.1, 0.15) is 34.1 Å². The van der Waals surface area contributed by atoms with E-state index < -0.39 is 59.8 Å². The molecule has 10 nitrogen and oxygen atoms in total. The molecule has 0 saturated carbocycles. The van der Waals surface area contributed by atoms with Crippen LogP contribution in [0.5, 0.6) is 0 Å². The molecule has 0 radical (unpaired) electrons. The first-order valence-corrected chi connectivity index (χ1v) is 6.99. The fourth-order valence-electron chi connectivity index (χ4n) is 1.70. The lowest BCUT2D eigenvalue weighted by molar-refractivity contribution is -0.170. The quantitative estimate of drug-likeness (QED) is 0.339. The normalized spacial score (nSPS) is 15.7. The SMILES string of the molecule is CC(C)C(C(=O)O)C(O)C(=O)O.CC(C)C(O)(CC(=O)O)C(=O)O. The molecule has 3 atom stereocenters. The van der Waals surface area contributed by atoms with Gasteiger partial charge in [-0.25, -0.2) is 9.59 Å². The van der Waals surface area contributed by atoms with Gasteiger partial charge < -0.3 is 30.6 Å². The number of rotatable bonds is 8. The number of carboxylic acids is 4. The summed E-state index contributed by atoms with van der Waals surface area (Å²) in [6.45, 7) is 6.00. The Bertz CT molecular complexity index is 470. The Morgan fingerprint density at radius 2 is 1.29 bits per heavy atom. The molecule has 10 heteroatoms. The summed E-state index contributed by atoms with van der Waals surface area (Å²) in [6, 6.07) is 0. The molecule has 0 aliphatic heterocycles. The van der Waals surface area contributed by atoms with E-state index in [2.05, 4.69) is 0 Å². The second-order valence-electron chi connectivity index (χ2n) is 5.85. The fraction of sp³-hybridized carbons (Fsp3) is 0.714. The first-order chi connectivity index (χ1) is 10.7. The van der Waals surface area contributed by atoms with Crippen LogP contribution in [-0.2, 0) is 19.2 Å². The molecule has 0 aromatic rings. The fourth-order valence-corrected chi connectivity index (χ4v) is 1.70. The minimum absolute atomic E-state index is 0.409. The van der Waals surface area contributed by atoms with E-state index in [0.717, 1.165) is 0 Å². The van der Waals surface area contributed by atoms with Gasteiger partial charge in [0.2, 0.25) is 0 Å². The summed E-state index contributed by atoms with van der Waals surface area (Å²) in [5.74, 6) is -7.91. The van der Waals surface area contributed by atoms with Crippen LogP contribution < -0.4 is 0 Å². The van der Waals surface area contributed by atoms with Crippen LogP contribution in [0.4, 0.5) is 0 Å². The third kappa shape index (κ3) is 7.38. The van der Waals surface area contributed by atoms with E-state index in [1.54, 1.807) is 13.8 Å². The van der Waals surface area contributed by atoms with Gasteiger partial charge in [-0.1, -0.05) is 27.7 Å². The first-order valence-electron chi connectivity index (χ1n) is 6.99. The Kier molecular flexibility index (Phi) is 9.85. The average molecular weight is 352 g/mol. The molecule has 0 fully saturated rings. The van der Waals surface area contributed by atoms with Crippen LogP contribution >= 0.6 is 0 Å². The second-order valence-corrected chi connectivity index (χ2v) is 5.85. The summed E-state index contributed by atoms with van der Waals surface area (Å²) in [6.07, 6.45) is -2.61. The van der Waals surface area contributed by atoms with Crippen molar-refractivity contribution in [2.45, 2.75) is 45.8 Å². The largest absolute Gasteiger partial charge is 0.481 e. The number of aliphatic hydroxyl groups is 2. The molecule has 6 N–H and O–H groups in total. The molecular weight excluding hydrogens is 328 g/mol. The molecule has 0 aromatic carbocycles. The lowest BCUT2D eigenvalue weighted by Crippen LogP contribution is -2.45. The zero-order valence-corrected chi connectivity index (χ0v) is 13.8. The highest BCUT2D eigenvalue weighted by Gasteiger charge is 2.41. The zero-order valence-electron chi connectivity index (χ0n) is 13.8. The van der Waals surface area contributed by atoms with Gasteiger partial charge in [0.1, 0.15) is 0 Å². The maximum Gasteiger partial charge on any atom is 0.336 e. The molecule has 0 aromatic heterocycles. The van der Waals surface area contributed by atoms with Crippen molar-refractivity contribution in [2.75, 3.05) is 0 Å². The summed E-state index contributed by atoms with van der Waals surface area (Å²) in [4.78, 5) is 41.4. The first kappa shape index (κ1) is 24.1. The molecule has 0 heterocycles. The monoisotopic (exact) mass is 352 g/mol. The third-order valence-corrected chi connectivity index (χ3v) is 3.34. The van der Waals surface area contributed by atoms with Crippen molar-refractivity contribution in [3.63, 3.8) is 0 Å². The summed E-state index contributed by atoms with van der Waals surface area (Å²) in [5.41, 5.74) is -2.16. The smallest absolute Gasteiger partial charge is 0.336 e. The molecule has 0 saturated heterocycles. The molecular formula is C14H24O10. The average Bonchev–Trinajstić information content (AvgIpc) is 2.36. The van der Waals surface area contributed by atoms with Gasteiger partial charge in [-0.2, -0.15) is 0 Å². The highest BCUT2D eigenvalue weighted by Crippen LogP contribution is 2.21. The van der Waals surface area contributed by atoms with E-state index >= 15 is 0 Å². The Balaban J connectivity index is 0. The number of hydrogen-bond acceptors (Lipinski definition) is 6. The lowest BCUT2D eigenvalue weighted by Gasteiger charge is -2.25. The van der Waals surface area contributed by atoms with Crippen LogP contribution in [0.3, 0.4) is 0 Å². The summed E-state index contributed by atoms with van der Waals surface area (Å²) in [5, 5.41) is 52.0. The Morgan fingerprint density at radius 3 is 1.38 bits per heavy atom. The van der Waals surface area contributed by atoms with Crippen LogP contribution in [0.2, 0.25) is 0 Å². The molecule has 0 aliphatic rings. The van der Waals surface area contributed by atoms with E-state index in [9.17, 15) is 24.3 Å². The minimum atomic E-state index is -2.16. The molecule has 0 rings (SSSR count). The van der Waals surface area contributed by atoms with Gasteiger partial charge in [-0.05, 0) is 11.8 Å². The highest BCUT2D eigenvalue weighted by molar-refractivity contribution is 5.84. The topological polar surface area (TPSA) is 190 Å². The van der Waals surface area contributed by atoms with E-state index in [0.29, 0.717) is 0 Å². The van der Waals surface area contributed by atoms with Crippen molar-refractivity contribution in [2.24, 2.45) is 17.8 Å². The van der Waals surface area contributed by atoms with Gasteiger partial charge in [-0.15, -0.1) is 0 Å². The molecule has 3 unspecified atom stereocenters. The molecule has 0 aliphatic carbocycles. The van der Waals surface area contributed by atoms with Gasteiger partial charge >= 0.3 is 23.9 Å².